The topological polar surface area (TPSA) is 52.6 Å². The minimum absolute atomic E-state index is 0.125. The van der Waals surface area contributed by atoms with Gasteiger partial charge in [0.2, 0.25) is 0 Å². The molecule has 0 fully saturated rings. The van der Waals surface area contributed by atoms with Gasteiger partial charge in [0.05, 0.1) is 27.3 Å². The Morgan fingerprint density at radius 1 is 1.28 bits per heavy atom. The maximum Gasteiger partial charge on any atom is 0.333 e. The first-order chi connectivity index (χ1) is 8.26. The van der Waals surface area contributed by atoms with Crippen molar-refractivity contribution in [2.24, 2.45) is 0 Å². The second-order valence-electron chi connectivity index (χ2n) is 5.08. The Balaban J connectivity index is 3.66. The molecule has 0 spiro atoms. The van der Waals surface area contributed by atoms with Crippen LogP contribution >= 0.6 is 8.03 Å². The molecule has 0 heterocycles. The van der Waals surface area contributed by atoms with E-state index in [9.17, 15) is 9.36 Å². The van der Waals surface area contributed by atoms with E-state index in [0.717, 1.165) is 11.0 Å². The number of nitrogens with zero attached hydrogens (tertiary/aromatic N) is 1. The SMILES string of the molecule is C=C(CC)C(=O)OCC[PH](=O)OCC[N+](C)(C)C. The molecule has 1 unspecified atom stereocenters. The summed E-state index contributed by atoms with van der Waals surface area (Å²) in [5.41, 5.74) is 0.431. The van der Waals surface area contributed by atoms with Crippen LogP contribution in [0.15, 0.2) is 12.2 Å². The average molecular weight is 278 g/mol. The van der Waals surface area contributed by atoms with E-state index in [0.29, 0.717) is 18.6 Å². The zero-order chi connectivity index (χ0) is 14.2. The second-order valence-corrected chi connectivity index (χ2v) is 6.61. The monoisotopic (exact) mass is 278 g/mol. The van der Waals surface area contributed by atoms with Crippen molar-refractivity contribution in [3.8, 4) is 0 Å². The summed E-state index contributed by atoms with van der Waals surface area (Å²) in [6, 6.07) is 0. The van der Waals surface area contributed by atoms with Gasteiger partial charge in [0.25, 0.3) is 0 Å². The predicted octanol–water partition coefficient (Wildman–Crippen LogP) is 1.69. The van der Waals surface area contributed by atoms with E-state index in [1.54, 1.807) is 0 Å². The van der Waals surface area contributed by atoms with Crippen LogP contribution in [0.25, 0.3) is 0 Å². The van der Waals surface area contributed by atoms with Gasteiger partial charge < -0.3 is 13.7 Å². The molecule has 0 aromatic rings. The summed E-state index contributed by atoms with van der Waals surface area (Å²) in [5.74, 6) is -0.418. The molecule has 0 saturated heterocycles. The molecule has 0 aromatic heterocycles. The van der Waals surface area contributed by atoms with Crippen LogP contribution in [0.1, 0.15) is 13.3 Å². The van der Waals surface area contributed by atoms with Crippen molar-refractivity contribution in [2.45, 2.75) is 13.3 Å². The highest BCUT2D eigenvalue weighted by atomic mass is 31.1. The zero-order valence-corrected chi connectivity index (χ0v) is 12.8. The van der Waals surface area contributed by atoms with Crippen molar-refractivity contribution in [2.75, 3.05) is 47.1 Å². The van der Waals surface area contributed by atoms with Gasteiger partial charge in [-0.1, -0.05) is 13.5 Å². The Hall–Kier alpha value is -0.640. The van der Waals surface area contributed by atoms with Crippen molar-refractivity contribution in [1.82, 2.24) is 0 Å². The predicted molar refractivity (Wildman–Crippen MR) is 73.1 cm³/mol. The highest BCUT2D eigenvalue weighted by Gasteiger charge is 2.10. The van der Waals surface area contributed by atoms with Gasteiger partial charge in [-0.15, -0.1) is 0 Å². The minimum Gasteiger partial charge on any atom is -0.462 e. The van der Waals surface area contributed by atoms with Crippen LogP contribution in [-0.4, -0.2) is 57.5 Å². The van der Waals surface area contributed by atoms with Crippen molar-refractivity contribution in [1.29, 1.82) is 0 Å². The van der Waals surface area contributed by atoms with Crippen LogP contribution in [0.2, 0.25) is 0 Å². The van der Waals surface area contributed by atoms with Gasteiger partial charge in [-0.05, 0) is 6.42 Å². The van der Waals surface area contributed by atoms with Gasteiger partial charge in [-0.2, -0.15) is 0 Å². The molecule has 0 aliphatic carbocycles. The van der Waals surface area contributed by atoms with Crippen molar-refractivity contribution >= 4 is 14.0 Å². The van der Waals surface area contributed by atoms with Gasteiger partial charge in [-0.25, -0.2) is 4.79 Å². The lowest BCUT2D eigenvalue weighted by molar-refractivity contribution is -0.870. The molecule has 0 radical (unpaired) electrons. The number of ether oxygens (including phenoxy) is 1. The maximum atomic E-state index is 11.5. The fourth-order valence-electron chi connectivity index (χ4n) is 0.979. The number of rotatable bonds is 9. The van der Waals surface area contributed by atoms with E-state index in [2.05, 4.69) is 6.58 Å². The molecule has 6 heteroatoms. The lowest BCUT2D eigenvalue weighted by Gasteiger charge is -2.23. The third-order valence-electron chi connectivity index (χ3n) is 2.28. The maximum absolute atomic E-state index is 11.5. The van der Waals surface area contributed by atoms with E-state index >= 15 is 0 Å². The number of esters is 1. The standard InChI is InChI=1S/C12H25NO4P/c1-6-11(2)12(14)16-9-10-18(15)17-8-7-13(3,4)5/h18H,2,6-10H2,1,3-5H3/q+1. The third-order valence-corrected chi connectivity index (χ3v) is 3.42. The van der Waals surface area contributed by atoms with Crippen LogP contribution in [0.4, 0.5) is 0 Å². The largest absolute Gasteiger partial charge is 0.462 e. The molecule has 0 amide bonds. The summed E-state index contributed by atoms with van der Waals surface area (Å²) < 4.78 is 22.4. The quantitative estimate of drug-likeness (QED) is 0.279. The van der Waals surface area contributed by atoms with Crippen LogP contribution < -0.4 is 0 Å². The number of hydrogen-bond donors (Lipinski definition) is 0. The lowest BCUT2D eigenvalue weighted by atomic mass is 10.2. The summed E-state index contributed by atoms with van der Waals surface area (Å²) >= 11 is 0. The molecule has 5 nitrogen and oxygen atoms in total. The van der Waals surface area contributed by atoms with Crippen LogP contribution in [0.5, 0.6) is 0 Å². The van der Waals surface area contributed by atoms with E-state index in [1.165, 1.54) is 0 Å². The number of hydrogen-bond acceptors (Lipinski definition) is 4. The molecule has 0 saturated carbocycles. The normalized spacial score (nSPS) is 13.1. The summed E-state index contributed by atoms with van der Waals surface area (Å²) in [6.45, 7) is 6.78. The molecule has 0 aliphatic rings. The molecule has 0 rings (SSSR count). The molecule has 0 N–H and O–H groups in total. The van der Waals surface area contributed by atoms with E-state index in [4.69, 9.17) is 9.26 Å². The fourth-order valence-corrected chi connectivity index (χ4v) is 1.71. The lowest BCUT2D eigenvalue weighted by Crippen LogP contribution is -2.37. The third kappa shape index (κ3) is 9.40. The Labute approximate surface area is 110 Å². The van der Waals surface area contributed by atoms with Crippen LogP contribution in [-0.2, 0) is 18.6 Å². The summed E-state index contributed by atoms with van der Waals surface area (Å²) in [7, 11) is 4.01. The van der Waals surface area contributed by atoms with Gasteiger partial charge >= 0.3 is 5.97 Å². The smallest absolute Gasteiger partial charge is 0.333 e. The average Bonchev–Trinajstić information content (AvgIpc) is 2.26. The van der Waals surface area contributed by atoms with E-state index in [1.807, 2.05) is 28.1 Å². The first kappa shape index (κ1) is 17.4. The second kappa shape index (κ2) is 8.46. The number of carbonyl (C=O) groups excluding carboxylic acids is 1. The molecular formula is C12H25NO4P+. The summed E-state index contributed by atoms with van der Waals surface area (Å²) in [4.78, 5) is 11.2. The van der Waals surface area contributed by atoms with E-state index in [-0.39, 0.29) is 12.8 Å². The van der Waals surface area contributed by atoms with E-state index < -0.39 is 14.0 Å². The molecule has 0 aliphatic heterocycles. The molecule has 106 valence electrons. The molecule has 1 atom stereocenters. The first-order valence-electron chi connectivity index (χ1n) is 6.07. The first-order valence-corrected chi connectivity index (χ1v) is 7.59. The molecule has 0 bridgehead atoms. The Bertz CT molecular complexity index is 310. The number of likely N-dealkylation sites (N-methyl/N-ethyl adjacent to an activating group) is 1. The van der Waals surface area contributed by atoms with Gasteiger partial charge in [0.15, 0.2) is 8.03 Å². The Morgan fingerprint density at radius 3 is 2.39 bits per heavy atom. The van der Waals surface area contributed by atoms with Gasteiger partial charge in [-0.3, -0.25) is 4.57 Å². The van der Waals surface area contributed by atoms with Crippen molar-refractivity contribution < 1.29 is 23.1 Å². The minimum atomic E-state index is -2.11. The van der Waals surface area contributed by atoms with Crippen LogP contribution in [0, 0.1) is 0 Å². The molecule has 0 aromatic carbocycles. The van der Waals surface area contributed by atoms with Gasteiger partial charge in [0, 0.05) is 5.57 Å². The highest BCUT2D eigenvalue weighted by Crippen LogP contribution is 2.21. The Morgan fingerprint density at radius 2 is 1.89 bits per heavy atom. The van der Waals surface area contributed by atoms with Crippen molar-refractivity contribution in [3.63, 3.8) is 0 Å². The Kier molecular flexibility index (Phi) is 8.16. The molecular weight excluding hydrogens is 253 g/mol. The number of carbonyl (C=O) groups is 1. The molecule has 18 heavy (non-hydrogen) atoms. The zero-order valence-electron chi connectivity index (χ0n) is 11.8. The summed E-state index contributed by atoms with van der Waals surface area (Å²) in [5, 5.41) is 0. The summed E-state index contributed by atoms with van der Waals surface area (Å²) in [6.07, 6.45) is 0.832. The van der Waals surface area contributed by atoms with Gasteiger partial charge in [0.1, 0.15) is 19.8 Å². The fraction of sp³-hybridized carbons (Fsp3) is 0.750. The van der Waals surface area contributed by atoms with Crippen LogP contribution in [0.3, 0.4) is 0 Å². The number of quaternary nitrogens is 1. The van der Waals surface area contributed by atoms with Crippen molar-refractivity contribution in [3.05, 3.63) is 12.2 Å². The highest BCUT2D eigenvalue weighted by molar-refractivity contribution is 7.39.